The van der Waals surface area contributed by atoms with Crippen molar-refractivity contribution in [3.8, 4) is 0 Å². The minimum absolute atomic E-state index is 0.450. The fourth-order valence-corrected chi connectivity index (χ4v) is 2.21. The largest absolute Gasteiger partial charge is 0.381 e. The third-order valence-corrected chi connectivity index (χ3v) is 3.60. The Morgan fingerprint density at radius 3 is 2.80 bits per heavy atom. The summed E-state index contributed by atoms with van der Waals surface area (Å²) in [5.74, 6) is 0. The molecule has 1 N–H and O–H groups in total. The Balaban J connectivity index is 1.97. The smallest absolute Gasteiger partial charge is 0.0610 e. The fourth-order valence-electron chi connectivity index (χ4n) is 1.85. The van der Waals surface area contributed by atoms with Gasteiger partial charge in [0.05, 0.1) is 6.10 Å². The SMILES string of the molecule is COC1CC(Nc2cc(C)ccc2Br)C1. The zero-order valence-corrected chi connectivity index (χ0v) is 10.7. The molecule has 3 heteroatoms. The maximum absolute atomic E-state index is 5.26. The molecule has 1 aromatic carbocycles. The number of methoxy groups -OCH3 is 1. The molecule has 1 aliphatic rings. The quantitative estimate of drug-likeness (QED) is 0.909. The molecule has 1 aliphatic carbocycles. The first kappa shape index (κ1) is 11.0. The van der Waals surface area contributed by atoms with E-state index in [4.69, 9.17) is 4.74 Å². The van der Waals surface area contributed by atoms with Gasteiger partial charge in [-0.25, -0.2) is 0 Å². The predicted molar refractivity (Wildman–Crippen MR) is 66.3 cm³/mol. The molecule has 0 unspecified atom stereocenters. The summed E-state index contributed by atoms with van der Waals surface area (Å²) in [7, 11) is 1.78. The lowest BCUT2D eigenvalue weighted by molar-refractivity contribution is 0.0328. The lowest BCUT2D eigenvalue weighted by Gasteiger charge is -2.35. The van der Waals surface area contributed by atoms with Gasteiger partial charge in [0.2, 0.25) is 0 Å². The van der Waals surface area contributed by atoms with Crippen molar-refractivity contribution >= 4 is 21.6 Å². The van der Waals surface area contributed by atoms with Gasteiger partial charge in [-0.15, -0.1) is 0 Å². The van der Waals surface area contributed by atoms with E-state index in [-0.39, 0.29) is 0 Å². The van der Waals surface area contributed by atoms with Crippen molar-refractivity contribution in [2.75, 3.05) is 12.4 Å². The average molecular weight is 270 g/mol. The Morgan fingerprint density at radius 2 is 2.13 bits per heavy atom. The van der Waals surface area contributed by atoms with E-state index >= 15 is 0 Å². The molecule has 0 radical (unpaired) electrons. The molecule has 15 heavy (non-hydrogen) atoms. The number of halogens is 1. The van der Waals surface area contributed by atoms with Crippen molar-refractivity contribution in [1.82, 2.24) is 0 Å². The van der Waals surface area contributed by atoms with Crippen LogP contribution in [0.1, 0.15) is 18.4 Å². The Hall–Kier alpha value is -0.540. The highest BCUT2D eigenvalue weighted by atomic mass is 79.9. The number of hydrogen-bond acceptors (Lipinski definition) is 2. The standard InChI is InChI=1S/C12H16BrNO/c1-8-3-4-11(13)12(5-8)14-9-6-10(7-9)15-2/h3-5,9-10,14H,6-7H2,1-2H3. The number of ether oxygens (including phenoxy) is 1. The molecule has 0 heterocycles. The van der Waals surface area contributed by atoms with Crippen LogP contribution < -0.4 is 5.32 Å². The Bertz CT molecular complexity index is 347. The summed E-state index contributed by atoms with van der Waals surface area (Å²) in [5.41, 5.74) is 2.47. The van der Waals surface area contributed by atoms with Crippen LogP contribution in [0.4, 0.5) is 5.69 Å². The predicted octanol–water partition coefficient (Wildman–Crippen LogP) is 3.35. The van der Waals surface area contributed by atoms with E-state index in [0.717, 1.165) is 17.3 Å². The first-order chi connectivity index (χ1) is 7.19. The van der Waals surface area contributed by atoms with Crippen LogP contribution in [-0.2, 0) is 4.74 Å². The number of aryl methyl sites for hydroxylation is 1. The van der Waals surface area contributed by atoms with Gasteiger partial charge < -0.3 is 10.1 Å². The second-order valence-electron chi connectivity index (χ2n) is 4.15. The van der Waals surface area contributed by atoms with Crippen molar-refractivity contribution in [3.63, 3.8) is 0 Å². The second-order valence-corrected chi connectivity index (χ2v) is 5.01. The molecule has 0 amide bonds. The fraction of sp³-hybridized carbons (Fsp3) is 0.500. The monoisotopic (exact) mass is 269 g/mol. The van der Waals surface area contributed by atoms with Crippen LogP contribution in [0.15, 0.2) is 22.7 Å². The second kappa shape index (κ2) is 4.54. The molecule has 1 aromatic rings. The highest BCUT2D eigenvalue weighted by Crippen LogP contribution is 2.30. The molecule has 0 saturated heterocycles. The van der Waals surface area contributed by atoms with Gasteiger partial charge in [0, 0.05) is 23.3 Å². The van der Waals surface area contributed by atoms with Gasteiger partial charge in [-0.3, -0.25) is 0 Å². The van der Waals surface area contributed by atoms with Crippen LogP contribution in [0.3, 0.4) is 0 Å². The third kappa shape index (κ3) is 2.52. The van der Waals surface area contributed by atoms with Gasteiger partial charge in [-0.1, -0.05) is 6.07 Å². The van der Waals surface area contributed by atoms with E-state index in [1.54, 1.807) is 7.11 Å². The van der Waals surface area contributed by atoms with Crippen molar-refractivity contribution in [2.24, 2.45) is 0 Å². The van der Waals surface area contributed by atoms with Crippen LogP contribution in [-0.4, -0.2) is 19.3 Å². The Morgan fingerprint density at radius 1 is 1.40 bits per heavy atom. The molecule has 0 aromatic heterocycles. The lowest BCUT2D eigenvalue weighted by atomic mass is 9.89. The summed E-state index contributed by atoms with van der Waals surface area (Å²) in [6, 6.07) is 6.93. The molecular weight excluding hydrogens is 254 g/mol. The number of benzene rings is 1. The normalized spacial score (nSPS) is 24.7. The first-order valence-corrected chi connectivity index (χ1v) is 6.04. The third-order valence-electron chi connectivity index (χ3n) is 2.91. The van der Waals surface area contributed by atoms with Gasteiger partial charge in [0.1, 0.15) is 0 Å². The van der Waals surface area contributed by atoms with E-state index in [2.05, 4.69) is 46.4 Å². The lowest BCUT2D eigenvalue weighted by Crippen LogP contribution is -2.40. The minimum atomic E-state index is 0.450. The summed E-state index contributed by atoms with van der Waals surface area (Å²) < 4.78 is 6.39. The van der Waals surface area contributed by atoms with Gasteiger partial charge in [-0.2, -0.15) is 0 Å². The maximum atomic E-state index is 5.26. The molecule has 0 atom stereocenters. The molecular formula is C12H16BrNO. The minimum Gasteiger partial charge on any atom is -0.381 e. The molecule has 82 valence electrons. The van der Waals surface area contributed by atoms with Gasteiger partial charge in [0.15, 0.2) is 0 Å². The van der Waals surface area contributed by atoms with E-state index in [9.17, 15) is 0 Å². The Labute approximate surface area is 99.1 Å². The van der Waals surface area contributed by atoms with Crippen molar-refractivity contribution in [2.45, 2.75) is 31.9 Å². The summed E-state index contributed by atoms with van der Waals surface area (Å²) in [5, 5.41) is 3.52. The van der Waals surface area contributed by atoms with E-state index in [0.29, 0.717) is 12.1 Å². The van der Waals surface area contributed by atoms with Crippen LogP contribution in [0, 0.1) is 6.92 Å². The summed E-state index contributed by atoms with van der Waals surface area (Å²) in [6.07, 6.45) is 2.67. The molecule has 0 spiro atoms. The average Bonchev–Trinajstić information content (AvgIpc) is 2.16. The molecule has 2 nitrogen and oxygen atoms in total. The highest BCUT2D eigenvalue weighted by Gasteiger charge is 2.28. The number of anilines is 1. The van der Waals surface area contributed by atoms with Crippen molar-refractivity contribution in [3.05, 3.63) is 28.2 Å². The zero-order valence-electron chi connectivity index (χ0n) is 9.09. The van der Waals surface area contributed by atoms with Crippen LogP contribution in [0.5, 0.6) is 0 Å². The van der Waals surface area contributed by atoms with Crippen molar-refractivity contribution < 1.29 is 4.74 Å². The Kier molecular flexibility index (Phi) is 3.32. The molecule has 0 bridgehead atoms. The topological polar surface area (TPSA) is 21.3 Å². The maximum Gasteiger partial charge on any atom is 0.0610 e. The number of nitrogens with one attached hydrogen (secondary N) is 1. The summed E-state index contributed by atoms with van der Waals surface area (Å²) >= 11 is 3.55. The highest BCUT2D eigenvalue weighted by molar-refractivity contribution is 9.10. The molecule has 2 rings (SSSR count). The zero-order chi connectivity index (χ0) is 10.8. The molecule has 1 saturated carbocycles. The number of rotatable bonds is 3. The van der Waals surface area contributed by atoms with E-state index in [1.165, 1.54) is 11.3 Å². The summed E-state index contributed by atoms with van der Waals surface area (Å²) in [4.78, 5) is 0. The van der Waals surface area contributed by atoms with Gasteiger partial charge in [-0.05, 0) is 53.4 Å². The molecule has 1 fully saturated rings. The van der Waals surface area contributed by atoms with Gasteiger partial charge >= 0.3 is 0 Å². The number of hydrogen-bond donors (Lipinski definition) is 1. The van der Waals surface area contributed by atoms with Gasteiger partial charge in [0.25, 0.3) is 0 Å². The van der Waals surface area contributed by atoms with E-state index in [1.807, 2.05) is 0 Å². The summed E-state index contributed by atoms with van der Waals surface area (Å²) in [6.45, 7) is 2.11. The van der Waals surface area contributed by atoms with Crippen LogP contribution in [0.25, 0.3) is 0 Å². The van der Waals surface area contributed by atoms with Crippen molar-refractivity contribution in [1.29, 1.82) is 0 Å². The molecule has 0 aliphatic heterocycles. The van der Waals surface area contributed by atoms with E-state index < -0.39 is 0 Å². The first-order valence-electron chi connectivity index (χ1n) is 5.24. The van der Waals surface area contributed by atoms with Crippen LogP contribution in [0.2, 0.25) is 0 Å². The van der Waals surface area contributed by atoms with Crippen LogP contribution >= 0.6 is 15.9 Å².